The molecule has 0 fully saturated rings. The maximum atomic E-state index is 13.2. The van der Waals surface area contributed by atoms with E-state index in [-0.39, 0.29) is 24.4 Å². The van der Waals surface area contributed by atoms with Crippen molar-refractivity contribution in [3.63, 3.8) is 0 Å². The van der Waals surface area contributed by atoms with Crippen molar-refractivity contribution in [2.24, 2.45) is 0 Å². The van der Waals surface area contributed by atoms with Crippen molar-refractivity contribution in [1.82, 2.24) is 10.6 Å². The molecule has 112 valence electrons. The first-order valence-corrected chi connectivity index (χ1v) is 6.58. The van der Waals surface area contributed by atoms with E-state index in [2.05, 4.69) is 10.6 Å². The Hall–Kier alpha value is -1.82. The Morgan fingerprint density at radius 2 is 2.25 bits per heavy atom. The van der Waals surface area contributed by atoms with E-state index in [0.717, 1.165) is 5.56 Å². The Kier molecular flexibility index (Phi) is 6.79. The van der Waals surface area contributed by atoms with Gasteiger partial charge < -0.3 is 20.5 Å². The number of carbonyl (C=O) groups excluding carboxylic acids is 1. The van der Waals surface area contributed by atoms with E-state index in [1.54, 1.807) is 12.1 Å². The fraction of sp³-hybridized carbons (Fsp3) is 0.500. The molecule has 0 aromatic heterocycles. The zero-order valence-corrected chi connectivity index (χ0v) is 11.8. The Morgan fingerprint density at radius 3 is 2.85 bits per heavy atom. The number of hydrogen-bond donors (Lipinski definition) is 3. The largest absolute Gasteiger partial charge is 0.494 e. The molecule has 0 aliphatic carbocycles. The average Bonchev–Trinajstić information content (AvgIpc) is 2.46. The number of carbonyl (C=O) groups is 1. The number of aliphatic hydroxyl groups is 1. The van der Waals surface area contributed by atoms with Crippen LogP contribution in [0.25, 0.3) is 0 Å². The van der Waals surface area contributed by atoms with Gasteiger partial charge in [-0.3, -0.25) is 0 Å². The minimum absolute atomic E-state index is 0.0842. The summed E-state index contributed by atoms with van der Waals surface area (Å²) >= 11 is 0. The van der Waals surface area contributed by atoms with E-state index in [1.165, 1.54) is 13.2 Å². The molecule has 0 saturated carbocycles. The van der Waals surface area contributed by atoms with Gasteiger partial charge in [0.05, 0.1) is 19.8 Å². The number of aliphatic hydroxyl groups excluding tert-OH is 1. The van der Waals surface area contributed by atoms with Gasteiger partial charge in [0, 0.05) is 6.54 Å². The van der Waals surface area contributed by atoms with Crippen LogP contribution in [0.2, 0.25) is 0 Å². The molecule has 0 radical (unpaired) electrons. The van der Waals surface area contributed by atoms with E-state index < -0.39 is 5.82 Å². The van der Waals surface area contributed by atoms with Crippen LogP contribution in [0, 0.1) is 5.82 Å². The molecule has 20 heavy (non-hydrogen) atoms. The number of benzene rings is 1. The molecule has 0 aliphatic heterocycles. The van der Waals surface area contributed by atoms with Crippen LogP contribution in [-0.2, 0) is 6.42 Å². The highest BCUT2D eigenvalue weighted by Crippen LogP contribution is 2.18. The van der Waals surface area contributed by atoms with Crippen molar-refractivity contribution in [3.8, 4) is 5.75 Å². The van der Waals surface area contributed by atoms with Gasteiger partial charge in [0.25, 0.3) is 0 Å². The summed E-state index contributed by atoms with van der Waals surface area (Å²) in [5, 5.41) is 14.3. The lowest BCUT2D eigenvalue weighted by atomic mass is 10.1. The normalized spacial score (nSPS) is 11.8. The quantitative estimate of drug-likeness (QED) is 0.709. The van der Waals surface area contributed by atoms with Crippen molar-refractivity contribution in [2.45, 2.75) is 25.8 Å². The number of nitrogens with one attached hydrogen (secondary N) is 2. The van der Waals surface area contributed by atoms with Gasteiger partial charge in [-0.15, -0.1) is 0 Å². The highest BCUT2D eigenvalue weighted by molar-refractivity contribution is 5.74. The summed E-state index contributed by atoms with van der Waals surface area (Å²) < 4.78 is 18.1. The topological polar surface area (TPSA) is 70.6 Å². The molecule has 1 atom stereocenters. The standard InChI is InChI=1S/C14H21FN2O3/c1-3-11(9-18)17-14(19)16-7-6-10-4-5-12(15)13(8-10)20-2/h4-5,8,11,18H,3,6-7,9H2,1-2H3,(H2,16,17,19). The minimum atomic E-state index is -0.407. The minimum Gasteiger partial charge on any atom is -0.494 e. The van der Waals surface area contributed by atoms with Crippen LogP contribution in [0.1, 0.15) is 18.9 Å². The number of ether oxygens (including phenoxy) is 1. The maximum Gasteiger partial charge on any atom is 0.315 e. The third kappa shape index (κ3) is 5.05. The molecule has 6 heteroatoms. The van der Waals surface area contributed by atoms with Crippen molar-refractivity contribution in [2.75, 3.05) is 20.3 Å². The second kappa shape index (κ2) is 8.37. The number of rotatable bonds is 7. The fourth-order valence-electron chi connectivity index (χ4n) is 1.69. The third-order valence-electron chi connectivity index (χ3n) is 2.96. The summed E-state index contributed by atoms with van der Waals surface area (Å²) in [7, 11) is 1.41. The summed E-state index contributed by atoms with van der Waals surface area (Å²) in [6.07, 6.45) is 1.24. The van der Waals surface area contributed by atoms with E-state index in [9.17, 15) is 9.18 Å². The second-order valence-corrected chi connectivity index (χ2v) is 4.41. The molecule has 0 heterocycles. The lowest BCUT2D eigenvalue weighted by molar-refractivity contribution is 0.214. The smallest absolute Gasteiger partial charge is 0.315 e. The molecule has 1 aromatic rings. The van der Waals surface area contributed by atoms with Crippen LogP contribution in [0.5, 0.6) is 5.75 Å². The summed E-state index contributed by atoms with van der Waals surface area (Å²) in [5.74, 6) is -0.214. The van der Waals surface area contributed by atoms with Gasteiger partial charge in [-0.1, -0.05) is 13.0 Å². The van der Waals surface area contributed by atoms with Gasteiger partial charge >= 0.3 is 6.03 Å². The number of methoxy groups -OCH3 is 1. The molecule has 0 spiro atoms. The molecular formula is C14H21FN2O3. The lowest BCUT2D eigenvalue weighted by Crippen LogP contribution is -2.44. The van der Waals surface area contributed by atoms with Crippen LogP contribution >= 0.6 is 0 Å². The number of hydrogen-bond acceptors (Lipinski definition) is 3. The van der Waals surface area contributed by atoms with Gasteiger partial charge in [0.1, 0.15) is 0 Å². The third-order valence-corrected chi connectivity index (χ3v) is 2.96. The molecule has 0 saturated heterocycles. The van der Waals surface area contributed by atoms with Crippen LogP contribution in [-0.4, -0.2) is 37.4 Å². The molecule has 0 aliphatic rings. The second-order valence-electron chi connectivity index (χ2n) is 4.41. The summed E-state index contributed by atoms with van der Waals surface area (Å²) in [4.78, 5) is 11.5. The predicted molar refractivity (Wildman–Crippen MR) is 74.4 cm³/mol. The van der Waals surface area contributed by atoms with Crippen molar-refractivity contribution in [1.29, 1.82) is 0 Å². The Morgan fingerprint density at radius 1 is 1.50 bits per heavy atom. The van der Waals surface area contributed by atoms with Crippen molar-refractivity contribution >= 4 is 6.03 Å². The van der Waals surface area contributed by atoms with Gasteiger partial charge in [-0.2, -0.15) is 0 Å². The monoisotopic (exact) mass is 284 g/mol. The van der Waals surface area contributed by atoms with Gasteiger partial charge in [0.2, 0.25) is 0 Å². The molecule has 1 unspecified atom stereocenters. The predicted octanol–water partition coefficient (Wildman–Crippen LogP) is 1.45. The molecule has 2 amide bonds. The zero-order chi connectivity index (χ0) is 15.0. The summed E-state index contributed by atoms with van der Waals surface area (Å²) in [5.41, 5.74) is 0.873. The SMILES string of the molecule is CCC(CO)NC(=O)NCCc1ccc(F)c(OC)c1. The highest BCUT2D eigenvalue weighted by Gasteiger charge is 2.08. The molecule has 5 nitrogen and oxygen atoms in total. The number of amides is 2. The van der Waals surface area contributed by atoms with E-state index in [0.29, 0.717) is 19.4 Å². The van der Waals surface area contributed by atoms with Gasteiger partial charge in [-0.25, -0.2) is 9.18 Å². The molecular weight excluding hydrogens is 263 g/mol. The van der Waals surface area contributed by atoms with Crippen LogP contribution in [0.4, 0.5) is 9.18 Å². The highest BCUT2D eigenvalue weighted by atomic mass is 19.1. The molecule has 1 rings (SSSR count). The van der Waals surface area contributed by atoms with Crippen molar-refractivity contribution in [3.05, 3.63) is 29.6 Å². The Labute approximate surface area is 118 Å². The number of halogens is 1. The fourth-order valence-corrected chi connectivity index (χ4v) is 1.69. The average molecular weight is 284 g/mol. The van der Waals surface area contributed by atoms with Crippen LogP contribution in [0.15, 0.2) is 18.2 Å². The Bertz CT molecular complexity index is 436. The summed E-state index contributed by atoms with van der Waals surface area (Å²) in [6, 6.07) is 4.05. The van der Waals surface area contributed by atoms with Crippen LogP contribution in [0.3, 0.4) is 0 Å². The first-order chi connectivity index (χ1) is 9.60. The van der Waals surface area contributed by atoms with E-state index in [4.69, 9.17) is 9.84 Å². The van der Waals surface area contributed by atoms with Crippen molar-refractivity contribution < 1.29 is 19.0 Å². The van der Waals surface area contributed by atoms with E-state index in [1.807, 2.05) is 6.92 Å². The first kappa shape index (κ1) is 16.2. The van der Waals surface area contributed by atoms with Gasteiger partial charge in [-0.05, 0) is 30.5 Å². The van der Waals surface area contributed by atoms with Crippen LogP contribution < -0.4 is 15.4 Å². The van der Waals surface area contributed by atoms with Gasteiger partial charge in [0.15, 0.2) is 11.6 Å². The first-order valence-electron chi connectivity index (χ1n) is 6.58. The lowest BCUT2D eigenvalue weighted by Gasteiger charge is -2.14. The number of urea groups is 1. The van der Waals surface area contributed by atoms with E-state index >= 15 is 0 Å². The zero-order valence-electron chi connectivity index (χ0n) is 11.8. The Balaban J connectivity index is 2.39. The summed E-state index contributed by atoms with van der Waals surface area (Å²) in [6.45, 7) is 2.22. The maximum absolute atomic E-state index is 13.2. The molecule has 1 aromatic carbocycles. The molecule has 3 N–H and O–H groups in total. The molecule has 0 bridgehead atoms.